The lowest BCUT2D eigenvalue weighted by molar-refractivity contribution is 0.607. The third kappa shape index (κ3) is 11100. The first-order valence-corrected chi connectivity index (χ1v) is 8.85. The molecule has 0 rings (SSSR count). The Kier molecular flexibility index (Phi) is 57.6. The monoisotopic (exact) mass is 282 g/mol. The molecule has 0 radical (unpaired) electrons. The van der Waals surface area contributed by atoms with E-state index in [9.17, 15) is 12.6 Å². The molecule has 0 aromatic heterocycles. The van der Waals surface area contributed by atoms with Crippen LogP contribution in [0.3, 0.4) is 0 Å². The van der Waals surface area contributed by atoms with Gasteiger partial charge >= 0.3 is 0 Å². The molecule has 0 aliphatic carbocycles. The van der Waals surface area contributed by atoms with Gasteiger partial charge in [0.05, 0.1) is 0 Å². The molecule has 0 spiro atoms. The molecular formula is C9H30O3S3. The van der Waals surface area contributed by atoms with Crippen molar-refractivity contribution in [3.63, 3.8) is 0 Å². The van der Waals surface area contributed by atoms with Gasteiger partial charge in [0.1, 0.15) is 9.84 Å². The first-order valence-electron chi connectivity index (χ1n) is 2.95. The van der Waals surface area contributed by atoms with E-state index in [0.717, 1.165) is 12.5 Å². The third-order valence-corrected chi connectivity index (χ3v) is 0. The average molecular weight is 283 g/mol. The normalized spacial score (nSPS) is 7.40. The Morgan fingerprint density at radius 3 is 0.933 bits per heavy atom. The quantitative estimate of drug-likeness (QED) is 0.685. The molecule has 0 amide bonds. The molecule has 102 valence electrons. The molecule has 0 saturated heterocycles. The molecule has 0 aromatic carbocycles. The zero-order valence-electron chi connectivity index (χ0n) is 8.45. The van der Waals surface area contributed by atoms with Crippen molar-refractivity contribution in [2.75, 3.05) is 37.5 Å². The number of hydrogen-bond donors (Lipinski definition) is 0. The number of hydrogen-bond acceptors (Lipinski definition) is 4. The molecule has 15 heavy (non-hydrogen) atoms. The van der Waals surface area contributed by atoms with Gasteiger partial charge in [-0.15, -0.1) is 0 Å². The van der Waals surface area contributed by atoms with Gasteiger partial charge in [-0.05, 0) is 12.5 Å². The van der Waals surface area contributed by atoms with Gasteiger partial charge in [0.25, 0.3) is 0 Å². The summed E-state index contributed by atoms with van der Waals surface area (Å²) in [6, 6.07) is 0. The van der Waals surface area contributed by atoms with Crippen LogP contribution in [0, 0.1) is 0 Å². The summed E-state index contributed by atoms with van der Waals surface area (Å²) in [5, 5.41) is 0. The van der Waals surface area contributed by atoms with Crippen molar-refractivity contribution < 1.29 is 12.6 Å². The number of sulfone groups is 1. The standard InChI is InChI=1S/C2H6O2S.C2H6OS.C2H6S.3CH4/c1-5(2,3)4;1-4(2)3;1-3-2;;;/h1-2H3;1-2H3;1-2H3;3*1H4. The van der Waals surface area contributed by atoms with Crippen LogP contribution in [-0.2, 0) is 20.6 Å². The highest BCUT2D eigenvalue weighted by atomic mass is 32.2. The lowest BCUT2D eigenvalue weighted by Crippen LogP contribution is -1.86. The second-order valence-electron chi connectivity index (χ2n) is 2.29. The zero-order chi connectivity index (χ0) is 10.8. The number of rotatable bonds is 0. The van der Waals surface area contributed by atoms with E-state index in [1.54, 1.807) is 24.3 Å². The van der Waals surface area contributed by atoms with Gasteiger partial charge in [0.2, 0.25) is 0 Å². The highest BCUT2D eigenvalue weighted by molar-refractivity contribution is 7.97. The average Bonchev–Trinajstić information content (AvgIpc) is 1.56. The fourth-order valence-electron chi connectivity index (χ4n) is 0. The summed E-state index contributed by atoms with van der Waals surface area (Å²) in [7, 11) is -3.28. The lowest BCUT2D eigenvalue weighted by atomic mass is 11.9. The summed E-state index contributed by atoms with van der Waals surface area (Å²) in [4.78, 5) is 0. The predicted octanol–water partition coefficient (Wildman–Crippen LogP) is 2.54. The highest BCUT2D eigenvalue weighted by Crippen LogP contribution is 1.70. The van der Waals surface area contributed by atoms with Gasteiger partial charge in [-0.25, -0.2) is 8.42 Å². The lowest BCUT2D eigenvalue weighted by Gasteiger charge is -1.69. The largest absolute Gasteiger partial charge is 0.260 e. The van der Waals surface area contributed by atoms with Crippen LogP contribution in [0.15, 0.2) is 0 Å². The van der Waals surface area contributed by atoms with E-state index >= 15 is 0 Å². The summed E-state index contributed by atoms with van der Waals surface area (Å²) in [6.45, 7) is 0. The second kappa shape index (κ2) is 23.9. The van der Waals surface area contributed by atoms with E-state index in [2.05, 4.69) is 0 Å². The molecule has 0 unspecified atom stereocenters. The van der Waals surface area contributed by atoms with Crippen LogP contribution in [0.1, 0.15) is 22.3 Å². The molecule has 0 fully saturated rings. The van der Waals surface area contributed by atoms with Crippen molar-refractivity contribution >= 4 is 32.4 Å². The van der Waals surface area contributed by atoms with Gasteiger partial charge in [-0.2, -0.15) is 11.8 Å². The molecule has 0 bridgehead atoms. The maximum Gasteiger partial charge on any atom is 0.144 e. The minimum atomic E-state index is -2.67. The first-order chi connectivity index (χ1) is 5.15. The van der Waals surface area contributed by atoms with Crippen LogP contribution < -0.4 is 0 Å². The third-order valence-electron chi connectivity index (χ3n) is 0. The summed E-state index contributed by atoms with van der Waals surface area (Å²) in [5.41, 5.74) is 0. The van der Waals surface area contributed by atoms with Gasteiger partial charge in [0, 0.05) is 35.8 Å². The minimum Gasteiger partial charge on any atom is -0.260 e. The number of thioether (sulfide) groups is 1. The summed E-state index contributed by atoms with van der Waals surface area (Å²) in [5.74, 6) is 0. The highest BCUT2D eigenvalue weighted by Gasteiger charge is 1.79. The minimum absolute atomic E-state index is 0. The molecule has 3 nitrogen and oxygen atoms in total. The van der Waals surface area contributed by atoms with Gasteiger partial charge < -0.3 is 0 Å². The summed E-state index contributed by atoms with van der Waals surface area (Å²) in [6.07, 6.45) is 9.68. The Bertz CT molecular complexity index is 175. The Morgan fingerprint density at radius 1 is 0.933 bits per heavy atom. The van der Waals surface area contributed by atoms with Crippen molar-refractivity contribution in [1.82, 2.24) is 0 Å². The Balaban J connectivity index is -0.0000000189. The second-order valence-corrected chi connectivity index (χ2v) is 6.88. The van der Waals surface area contributed by atoms with Gasteiger partial charge in [-0.1, -0.05) is 22.3 Å². The van der Waals surface area contributed by atoms with Crippen LogP contribution in [0.25, 0.3) is 0 Å². The smallest absolute Gasteiger partial charge is 0.144 e. The molecule has 0 heterocycles. The molecule has 0 aliphatic rings. The molecule has 6 heteroatoms. The fraction of sp³-hybridized carbons (Fsp3) is 1.00. The van der Waals surface area contributed by atoms with Crippen LogP contribution in [0.4, 0.5) is 0 Å². The van der Waals surface area contributed by atoms with Gasteiger partial charge in [0.15, 0.2) is 0 Å². The van der Waals surface area contributed by atoms with Crippen LogP contribution >= 0.6 is 11.8 Å². The van der Waals surface area contributed by atoms with E-state index in [-0.39, 0.29) is 22.3 Å². The summed E-state index contributed by atoms with van der Waals surface area (Å²) >= 11 is 1.75. The van der Waals surface area contributed by atoms with Crippen LogP contribution in [0.5, 0.6) is 0 Å². The van der Waals surface area contributed by atoms with E-state index in [0.29, 0.717) is 0 Å². The van der Waals surface area contributed by atoms with Crippen LogP contribution in [0.2, 0.25) is 0 Å². The fourth-order valence-corrected chi connectivity index (χ4v) is 0. The first kappa shape index (κ1) is 36.1. The molecule has 0 saturated carbocycles. The topological polar surface area (TPSA) is 51.2 Å². The molecule has 0 aliphatic heterocycles. The van der Waals surface area contributed by atoms with E-state index < -0.39 is 20.6 Å². The summed E-state index contributed by atoms with van der Waals surface area (Å²) < 4.78 is 28.8. The molecule has 0 aromatic rings. The van der Waals surface area contributed by atoms with Gasteiger partial charge in [-0.3, -0.25) is 4.21 Å². The molecule has 0 atom stereocenters. The van der Waals surface area contributed by atoms with E-state index in [1.807, 2.05) is 12.5 Å². The zero-order valence-corrected chi connectivity index (χ0v) is 10.9. The SMILES string of the molecule is C.C.C.CS(C)(=O)=O.CS(C)=O.CSC. The van der Waals surface area contributed by atoms with Crippen molar-refractivity contribution in [3.8, 4) is 0 Å². The van der Waals surface area contributed by atoms with Crippen molar-refractivity contribution in [1.29, 1.82) is 0 Å². The van der Waals surface area contributed by atoms with Crippen molar-refractivity contribution in [2.45, 2.75) is 22.3 Å². The Labute approximate surface area is 105 Å². The van der Waals surface area contributed by atoms with E-state index in [4.69, 9.17) is 0 Å². The van der Waals surface area contributed by atoms with Crippen LogP contribution in [-0.4, -0.2) is 50.2 Å². The van der Waals surface area contributed by atoms with E-state index in [1.165, 1.54) is 0 Å². The molecular weight excluding hydrogens is 252 g/mol. The Morgan fingerprint density at radius 2 is 0.933 bits per heavy atom. The maximum absolute atomic E-state index is 9.63. The van der Waals surface area contributed by atoms with Crippen molar-refractivity contribution in [2.24, 2.45) is 0 Å². The maximum atomic E-state index is 9.63. The predicted molar refractivity (Wildman–Crippen MR) is 80.4 cm³/mol. The van der Waals surface area contributed by atoms with Crippen molar-refractivity contribution in [3.05, 3.63) is 0 Å². The Hall–Kier alpha value is 0.450. The molecule has 0 N–H and O–H groups in total.